The number of carbonyl (C=O) groups excluding carboxylic acids is 1. The summed E-state index contributed by atoms with van der Waals surface area (Å²) in [6, 6.07) is 0. The molecular weight excluding hydrogens is 216 g/mol. The Hall–Kier alpha value is -1.36. The zero-order valence-corrected chi connectivity index (χ0v) is 9.21. The van der Waals surface area contributed by atoms with Gasteiger partial charge >= 0.3 is 0 Å². The first-order chi connectivity index (χ1) is 7.15. The number of carbonyl (C=O) groups is 1. The predicted octanol–water partition coefficient (Wildman–Crippen LogP) is 0.980. The first kappa shape index (κ1) is 11.7. The summed E-state index contributed by atoms with van der Waals surface area (Å²) in [6.07, 6.45) is 3.05. The van der Waals surface area contributed by atoms with Crippen molar-refractivity contribution in [2.45, 2.75) is 19.8 Å². The number of primary amides is 1. The molecule has 1 aromatic heterocycles. The minimum atomic E-state index is -0.438. The van der Waals surface area contributed by atoms with Gasteiger partial charge in [-0.2, -0.15) is 0 Å². The second-order valence-electron chi connectivity index (χ2n) is 3.06. The Morgan fingerprint density at radius 3 is 2.93 bits per heavy atom. The smallest absolute Gasteiger partial charge is 0.236 e. The molecule has 0 aliphatic heterocycles. The van der Waals surface area contributed by atoms with Gasteiger partial charge < -0.3 is 11.1 Å². The molecule has 0 aromatic carbocycles. The van der Waals surface area contributed by atoms with Gasteiger partial charge in [0.1, 0.15) is 17.3 Å². The van der Waals surface area contributed by atoms with Crippen molar-refractivity contribution in [3.63, 3.8) is 0 Å². The van der Waals surface area contributed by atoms with Crippen LogP contribution in [0.25, 0.3) is 0 Å². The molecule has 0 unspecified atom stereocenters. The number of nitrogens with zero attached hydrogens (tertiary/aromatic N) is 2. The van der Waals surface area contributed by atoms with Crippen LogP contribution in [0.15, 0.2) is 6.33 Å². The molecule has 1 rings (SSSR count). The van der Waals surface area contributed by atoms with E-state index < -0.39 is 5.91 Å². The van der Waals surface area contributed by atoms with Gasteiger partial charge in [-0.3, -0.25) is 4.79 Å². The Balaban J connectivity index is 2.85. The molecule has 6 heteroatoms. The van der Waals surface area contributed by atoms with Crippen LogP contribution in [0, 0.1) is 0 Å². The summed E-state index contributed by atoms with van der Waals surface area (Å²) < 4.78 is 0. The Morgan fingerprint density at radius 2 is 2.33 bits per heavy atom. The second kappa shape index (κ2) is 5.50. The molecule has 1 aromatic rings. The van der Waals surface area contributed by atoms with E-state index in [0.717, 1.165) is 18.4 Å². The lowest BCUT2D eigenvalue weighted by molar-refractivity contribution is -0.116. The van der Waals surface area contributed by atoms with Crippen LogP contribution < -0.4 is 11.1 Å². The van der Waals surface area contributed by atoms with Crippen molar-refractivity contribution in [2.75, 3.05) is 11.9 Å². The van der Waals surface area contributed by atoms with Crippen molar-refractivity contribution in [1.82, 2.24) is 9.97 Å². The number of nitrogens with two attached hydrogens (primary N) is 1. The van der Waals surface area contributed by atoms with Crippen molar-refractivity contribution < 1.29 is 4.79 Å². The highest BCUT2D eigenvalue weighted by molar-refractivity contribution is 6.30. The molecular formula is C9H13ClN4O. The molecule has 3 N–H and O–H groups in total. The van der Waals surface area contributed by atoms with Crippen molar-refractivity contribution in [2.24, 2.45) is 5.73 Å². The van der Waals surface area contributed by atoms with Gasteiger partial charge in [0.2, 0.25) is 5.91 Å². The number of rotatable bonds is 5. The third-order valence-corrected chi connectivity index (χ3v) is 2.15. The van der Waals surface area contributed by atoms with Crippen LogP contribution in [0.4, 0.5) is 5.82 Å². The fraction of sp³-hybridized carbons (Fsp3) is 0.444. The van der Waals surface area contributed by atoms with Crippen LogP contribution in [0.1, 0.15) is 18.9 Å². The molecule has 0 aliphatic carbocycles. The minimum Gasteiger partial charge on any atom is -0.368 e. The van der Waals surface area contributed by atoms with Crippen molar-refractivity contribution in [3.05, 3.63) is 17.0 Å². The number of hydrogen-bond donors (Lipinski definition) is 2. The molecule has 82 valence electrons. The minimum absolute atomic E-state index is 0.0457. The fourth-order valence-electron chi connectivity index (χ4n) is 1.19. The van der Waals surface area contributed by atoms with Crippen molar-refractivity contribution >= 4 is 23.3 Å². The average molecular weight is 229 g/mol. The number of aromatic nitrogens is 2. The number of halogens is 1. The first-order valence-electron chi connectivity index (χ1n) is 4.66. The Kier molecular flexibility index (Phi) is 4.30. The third-order valence-electron chi connectivity index (χ3n) is 1.82. The summed E-state index contributed by atoms with van der Waals surface area (Å²) in [5.74, 6) is 0.142. The Bertz CT molecular complexity index is 356. The molecule has 5 nitrogen and oxygen atoms in total. The van der Waals surface area contributed by atoms with Gasteiger partial charge in [0.25, 0.3) is 0 Å². The standard InChI is InChI=1S/C9H13ClN4O/c1-2-3-6-8(10)13-5-14-9(6)12-4-7(11)15/h5H,2-4H2,1H3,(H2,11,15)(H,12,13,14). The maximum atomic E-state index is 10.6. The van der Waals surface area contributed by atoms with Gasteiger partial charge in [0.15, 0.2) is 0 Å². The highest BCUT2D eigenvalue weighted by Crippen LogP contribution is 2.20. The maximum absolute atomic E-state index is 10.6. The van der Waals surface area contributed by atoms with Crippen LogP contribution in [0.2, 0.25) is 5.15 Å². The van der Waals surface area contributed by atoms with Gasteiger partial charge in [-0.15, -0.1) is 0 Å². The molecule has 0 fully saturated rings. The normalized spacial score (nSPS) is 10.0. The maximum Gasteiger partial charge on any atom is 0.236 e. The molecule has 0 saturated carbocycles. The van der Waals surface area contributed by atoms with Crippen LogP contribution in [0.5, 0.6) is 0 Å². The zero-order chi connectivity index (χ0) is 11.3. The van der Waals surface area contributed by atoms with Crippen LogP contribution >= 0.6 is 11.6 Å². The van der Waals surface area contributed by atoms with E-state index in [1.807, 2.05) is 6.92 Å². The summed E-state index contributed by atoms with van der Waals surface area (Å²) >= 11 is 5.92. The van der Waals surface area contributed by atoms with E-state index in [0.29, 0.717) is 11.0 Å². The molecule has 0 saturated heterocycles. The molecule has 15 heavy (non-hydrogen) atoms. The summed E-state index contributed by atoms with van der Waals surface area (Å²) in [5, 5.41) is 3.24. The number of amides is 1. The average Bonchev–Trinajstić information content (AvgIpc) is 2.19. The molecule has 0 radical (unpaired) electrons. The van der Waals surface area contributed by atoms with Gasteiger partial charge in [-0.05, 0) is 6.42 Å². The van der Waals surface area contributed by atoms with Gasteiger partial charge in [-0.1, -0.05) is 24.9 Å². The fourth-order valence-corrected chi connectivity index (χ4v) is 1.41. The zero-order valence-electron chi connectivity index (χ0n) is 8.46. The Morgan fingerprint density at radius 1 is 1.60 bits per heavy atom. The first-order valence-corrected chi connectivity index (χ1v) is 5.04. The van der Waals surface area contributed by atoms with Gasteiger partial charge in [0.05, 0.1) is 6.54 Å². The molecule has 0 bridgehead atoms. The Labute approximate surface area is 93.0 Å². The van der Waals surface area contributed by atoms with Crippen LogP contribution in [0.3, 0.4) is 0 Å². The lowest BCUT2D eigenvalue weighted by Gasteiger charge is -2.09. The quantitative estimate of drug-likeness (QED) is 0.737. The van der Waals surface area contributed by atoms with Crippen LogP contribution in [-0.4, -0.2) is 22.4 Å². The largest absolute Gasteiger partial charge is 0.368 e. The summed E-state index contributed by atoms with van der Waals surface area (Å²) in [6.45, 7) is 2.07. The van der Waals surface area contributed by atoms with Crippen molar-refractivity contribution in [3.8, 4) is 0 Å². The van der Waals surface area contributed by atoms with Crippen LogP contribution in [-0.2, 0) is 11.2 Å². The number of anilines is 1. The summed E-state index contributed by atoms with van der Waals surface area (Å²) in [4.78, 5) is 18.5. The van der Waals surface area contributed by atoms with E-state index in [4.69, 9.17) is 17.3 Å². The monoisotopic (exact) mass is 228 g/mol. The SMILES string of the molecule is CCCc1c(Cl)ncnc1NCC(N)=O. The third kappa shape index (κ3) is 3.36. The van der Waals surface area contributed by atoms with Crippen molar-refractivity contribution in [1.29, 1.82) is 0 Å². The number of hydrogen-bond acceptors (Lipinski definition) is 4. The molecule has 1 heterocycles. The highest BCUT2D eigenvalue weighted by atomic mass is 35.5. The van der Waals surface area contributed by atoms with E-state index in [-0.39, 0.29) is 6.54 Å². The van der Waals surface area contributed by atoms with E-state index in [1.165, 1.54) is 6.33 Å². The topological polar surface area (TPSA) is 80.9 Å². The lowest BCUT2D eigenvalue weighted by atomic mass is 10.2. The van der Waals surface area contributed by atoms with Gasteiger partial charge in [0, 0.05) is 5.56 Å². The van der Waals surface area contributed by atoms with E-state index in [9.17, 15) is 4.79 Å². The van der Waals surface area contributed by atoms with E-state index in [2.05, 4.69) is 15.3 Å². The lowest BCUT2D eigenvalue weighted by Crippen LogP contribution is -2.23. The van der Waals surface area contributed by atoms with E-state index in [1.54, 1.807) is 0 Å². The molecule has 0 spiro atoms. The molecule has 0 aliphatic rings. The second-order valence-corrected chi connectivity index (χ2v) is 3.42. The summed E-state index contributed by atoms with van der Waals surface area (Å²) in [7, 11) is 0. The van der Waals surface area contributed by atoms with E-state index >= 15 is 0 Å². The molecule has 0 atom stereocenters. The van der Waals surface area contributed by atoms with Gasteiger partial charge in [-0.25, -0.2) is 9.97 Å². The summed E-state index contributed by atoms with van der Waals surface area (Å²) in [5.41, 5.74) is 5.85. The molecule has 1 amide bonds. The number of nitrogens with one attached hydrogen (secondary N) is 1. The highest BCUT2D eigenvalue weighted by Gasteiger charge is 2.08. The predicted molar refractivity (Wildman–Crippen MR) is 58.7 cm³/mol.